The summed E-state index contributed by atoms with van der Waals surface area (Å²) in [7, 11) is 4.27. The van der Waals surface area contributed by atoms with E-state index in [4.69, 9.17) is 28.4 Å². The molecule has 186 valence electrons. The van der Waals surface area contributed by atoms with Gasteiger partial charge in [0.15, 0.2) is 23.0 Å². The number of esters is 2. The maximum atomic E-state index is 12.6. The van der Waals surface area contributed by atoms with E-state index in [9.17, 15) is 9.59 Å². The SMILES string of the molecule is C=CCOc1ccc(/C=C/C(=O)OC(CC(=O)OC)c2ccc(OC)c(OC)c2)cc1OCC=C. The largest absolute Gasteiger partial charge is 0.493 e. The summed E-state index contributed by atoms with van der Waals surface area (Å²) in [6.45, 7) is 7.89. The van der Waals surface area contributed by atoms with Crippen LogP contribution < -0.4 is 18.9 Å². The minimum atomic E-state index is -0.888. The summed E-state index contributed by atoms with van der Waals surface area (Å²) in [5.41, 5.74) is 1.24. The maximum absolute atomic E-state index is 12.6. The van der Waals surface area contributed by atoms with Crippen molar-refractivity contribution in [2.75, 3.05) is 34.5 Å². The highest BCUT2D eigenvalue weighted by atomic mass is 16.6. The fourth-order valence-electron chi connectivity index (χ4n) is 3.02. The molecule has 1 unspecified atom stereocenters. The van der Waals surface area contributed by atoms with Crippen molar-refractivity contribution in [3.8, 4) is 23.0 Å². The van der Waals surface area contributed by atoms with E-state index in [1.54, 1.807) is 54.6 Å². The van der Waals surface area contributed by atoms with E-state index >= 15 is 0 Å². The first-order valence-corrected chi connectivity index (χ1v) is 10.7. The highest BCUT2D eigenvalue weighted by Gasteiger charge is 2.22. The molecule has 0 aliphatic heterocycles. The third-order valence-corrected chi connectivity index (χ3v) is 4.71. The second-order valence-corrected chi connectivity index (χ2v) is 7.06. The van der Waals surface area contributed by atoms with Gasteiger partial charge in [-0.15, -0.1) is 0 Å². The summed E-state index contributed by atoms with van der Waals surface area (Å²) in [6.07, 6.45) is 5.03. The zero-order valence-electron chi connectivity index (χ0n) is 20.2. The highest BCUT2D eigenvalue weighted by Crippen LogP contribution is 2.33. The van der Waals surface area contributed by atoms with Crippen molar-refractivity contribution in [1.29, 1.82) is 0 Å². The summed E-state index contributed by atoms with van der Waals surface area (Å²) >= 11 is 0. The van der Waals surface area contributed by atoms with Crippen LogP contribution in [0, 0.1) is 0 Å². The third kappa shape index (κ3) is 8.26. The molecule has 0 spiro atoms. The average Bonchev–Trinajstić information content (AvgIpc) is 2.88. The van der Waals surface area contributed by atoms with Crippen molar-refractivity contribution in [3.05, 3.63) is 78.9 Å². The van der Waals surface area contributed by atoms with Gasteiger partial charge in [-0.1, -0.05) is 37.4 Å². The average molecular weight is 483 g/mol. The van der Waals surface area contributed by atoms with Gasteiger partial charge in [0.1, 0.15) is 19.3 Å². The normalized spacial score (nSPS) is 11.3. The van der Waals surface area contributed by atoms with Crippen LogP contribution >= 0.6 is 0 Å². The fourth-order valence-corrected chi connectivity index (χ4v) is 3.02. The van der Waals surface area contributed by atoms with Gasteiger partial charge in [0.25, 0.3) is 0 Å². The molecular formula is C27H30O8. The number of hydrogen-bond acceptors (Lipinski definition) is 8. The van der Waals surface area contributed by atoms with Gasteiger partial charge < -0.3 is 28.4 Å². The van der Waals surface area contributed by atoms with Crippen LogP contribution in [0.4, 0.5) is 0 Å². The van der Waals surface area contributed by atoms with Crippen LogP contribution in [0.1, 0.15) is 23.7 Å². The van der Waals surface area contributed by atoms with Gasteiger partial charge in [0.2, 0.25) is 0 Å². The van der Waals surface area contributed by atoms with Crippen molar-refractivity contribution in [3.63, 3.8) is 0 Å². The maximum Gasteiger partial charge on any atom is 0.331 e. The number of benzene rings is 2. The Morgan fingerprint density at radius 3 is 2.14 bits per heavy atom. The molecule has 0 heterocycles. The first-order valence-electron chi connectivity index (χ1n) is 10.7. The first kappa shape index (κ1) is 27.0. The number of hydrogen-bond donors (Lipinski definition) is 0. The predicted octanol–water partition coefficient (Wildman–Crippen LogP) is 4.69. The van der Waals surface area contributed by atoms with Crippen molar-refractivity contribution in [2.45, 2.75) is 12.5 Å². The molecule has 2 aromatic carbocycles. The van der Waals surface area contributed by atoms with Crippen molar-refractivity contribution in [1.82, 2.24) is 0 Å². The first-order chi connectivity index (χ1) is 16.9. The Kier molecular flexibility index (Phi) is 10.9. The Balaban J connectivity index is 2.22. The smallest absolute Gasteiger partial charge is 0.331 e. The number of rotatable bonds is 14. The molecule has 8 heteroatoms. The molecular weight excluding hydrogens is 452 g/mol. The van der Waals surface area contributed by atoms with Crippen LogP contribution in [0.3, 0.4) is 0 Å². The van der Waals surface area contributed by atoms with E-state index < -0.39 is 18.0 Å². The second-order valence-electron chi connectivity index (χ2n) is 7.06. The Morgan fingerprint density at radius 2 is 1.51 bits per heavy atom. The van der Waals surface area contributed by atoms with E-state index in [-0.39, 0.29) is 6.42 Å². The molecule has 0 bridgehead atoms. The predicted molar refractivity (Wildman–Crippen MR) is 132 cm³/mol. The van der Waals surface area contributed by atoms with E-state index in [0.717, 1.165) is 0 Å². The van der Waals surface area contributed by atoms with Crippen LogP contribution in [0.2, 0.25) is 0 Å². The Morgan fingerprint density at radius 1 is 0.857 bits per heavy atom. The van der Waals surface area contributed by atoms with Gasteiger partial charge in [0.05, 0.1) is 27.8 Å². The summed E-state index contributed by atoms with van der Waals surface area (Å²) in [4.78, 5) is 24.6. The van der Waals surface area contributed by atoms with Gasteiger partial charge in [-0.3, -0.25) is 4.79 Å². The molecule has 2 aromatic rings. The van der Waals surface area contributed by atoms with E-state index in [0.29, 0.717) is 47.3 Å². The van der Waals surface area contributed by atoms with Crippen LogP contribution in [-0.2, 0) is 19.1 Å². The number of methoxy groups -OCH3 is 3. The van der Waals surface area contributed by atoms with Crippen molar-refractivity contribution in [2.24, 2.45) is 0 Å². The minimum absolute atomic E-state index is 0.166. The quantitative estimate of drug-likeness (QED) is 0.218. The molecule has 0 aliphatic rings. The summed E-state index contributed by atoms with van der Waals surface area (Å²) in [5.74, 6) is 0.815. The molecule has 0 fully saturated rings. The third-order valence-electron chi connectivity index (χ3n) is 4.71. The molecule has 0 saturated carbocycles. The number of carbonyl (C=O) groups excluding carboxylic acids is 2. The second kappa shape index (κ2) is 14.1. The van der Waals surface area contributed by atoms with Crippen LogP contribution in [0.15, 0.2) is 67.8 Å². The lowest BCUT2D eigenvalue weighted by Gasteiger charge is -2.18. The Hall–Kier alpha value is -4.20. The lowest BCUT2D eigenvalue weighted by molar-refractivity contribution is -0.150. The summed E-state index contributed by atoms with van der Waals surface area (Å²) < 4.78 is 32.1. The lowest BCUT2D eigenvalue weighted by Crippen LogP contribution is -2.15. The van der Waals surface area contributed by atoms with Gasteiger partial charge in [-0.25, -0.2) is 4.79 Å². The van der Waals surface area contributed by atoms with Gasteiger partial charge in [-0.2, -0.15) is 0 Å². The Bertz CT molecular complexity index is 1060. The molecule has 0 saturated heterocycles. The molecule has 2 rings (SSSR count). The molecule has 0 aliphatic carbocycles. The standard InChI is InChI=1S/C27H30O8/c1-6-14-33-22-11-8-19(16-25(22)34-15-7-2)9-13-26(28)35-23(18-27(29)32-5)20-10-12-21(30-3)24(17-20)31-4/h6-13,16-17,23H,1-2,14-15,18H2,3-5H3/b13-9+. The zero-order valence-corrected chi connectivity index (χ0v) is 20.2. The molecule has 35 heavy (non-hydrogen) atoms. The highest BCUT2D eigenvalue weighted by molar-refractivity contribution is 5.87. The molecule has 0 amide bonds. The molecule has 0 N–H and O–H groups in total. The minimum Gasteiger partial charge on any atom is -0.493 e. The van der Waals surface area contributed by atoms with Gasteiger partial charge >= 0.3 is 11.9 Å². The van der Waals surface area contributed by atoms with Crippen LogP contribution in [0.25, 0.3) is 6.08 Å². The molecule has 0 radical (unpaired) electrons. The van der Waals surface area contributed by atoms with Gasteiger partial charge in [0, 0.05) is 6.08 Å². The summed E-state index contributed by atoms with van der Waals surface area (Å²) in [5, 5.41) is 0. The molecule has 1 atom stereocenters. The van der Waals surface area contributed by atoms with Crippen molar-refractivity contribution < 1.29 is 38.0 Å². The summed E-state index contributed by atoms with van der Waals surface area (Å²) in [6, 6.07) is 10.2. The van der Waals surface area contributed by atoms with E-state index in [1.165, 1.54) is 27.4 Å². The number of ether oxygens (including phenoxy) is 6. The fraction of sp³-hybridized carbons (Fsp3) is 0.259. The van der Waals surface area contributed by atoms with Crippen molar-refractivity contribution >= 4 is 18.0 Å². The van der Waals surface area contributed by atoms with Gasteiger partial charge in [-0.05, 0) is 41.5 Å². The number of carbonyl (C=O) groups is 2. The topological polar surface area (TPSA) is 89.5 Å². The molecule has 8 nitrogen and oxygen atoms in total. The van der Waals surface area contributed by atoms with E-state index in [1.807, 2.05) is 0 Å². The van der Waals surface area contributed by atoms with E-state index in [2.05, 4.69) is 13.2 Å². The lowest BCUT2D eigenvalue weighted by atomic mass is 10.1. The molecule has 0 aromatic heterocycles. The zero-order chi connectivity index (χ0) is 25.6. The van der Waals surface area contributed by atoms with Crippen LogP contribution in [0.5, 0.6) is 23.0 Å². The van der Waals surface area contributed by atoms with Crippen LogP contribution in [-0.4, -0.2) is 46.5 Å². The Labute approximate surface area is 205 Å². The monoisotopic (exact) mass is 482 g/mol.